The summed E-state index contributed by atoms with van der Waals surface area (Å²) in [5, 5.41) is 11.8. The van der Waals surface area contributed by atoms with Crippen molar-refractivity contribution in [2.75, 3.05) is 18.5 Å². The van der Waals surface area contributed by atoms with E-state index in [-0.39, 0.29) is 17.1 Å². The van der Waals surface area contributed by atoms with E-state index < -0.39 is 5.60 Å². The smallest absolute Gasteiger partial charge is 0.156 e. The Hall–Kier alpha value is -2.31. The zero-order chi connectivity index (χ0) is 25.7. The minimum Gasteiger partial charge on any atom is -0.377 e. The molecule has 1 aromatic rings. The number of allylic oxidation sites excluding steroid dienone is 4. The van der Waals surface area contributed by atoms with Gasteiger partial charge in [0.2, 0.25) is 0 Å². The van der Waals surface area contributed by atoms with Crippen molar-refractivity contribution in [1.29, 1.82) is 0 Å². The molecule has 2 saturated carbocycles. The first-order chi connectivity index (χ1) is 17.2. The molecule has 0 unspecified atom stereocenters. The van der Waals surface area contributed by atoms with Gasteiger partial charge in [-0.2, -0.15) is 0 Å². The fourth-order valence-electron chi connectivity index (χ4n) is 7.92. The molecule has 36 heavy (non-hydrogen) atoms. The molecule has 0 heterocycles. The lowest BCUT2D eigenvalue weighted by atomic mass is 9.51. The van der Waals surface area contributed by atoms with Crippen LogP contribution >= 0.6 is 0 Å². The van der Waals surface area contributed by atoms with Crippen LogP contribution in [0.3, 0.4) is 0 Å². The largest absolute Gasteiger partial charge is 0.377 e. The van der Waals surface area contributed by atoms with Crippen molar-refractivity contribution >= 4 is 11.5 Å². The van der Waals surface area contributed by atoms with E-state index in [0.717, 1.165) is 45.1 Å². The molecule has 4 aliphatic rings. The second-order valence-electron chi connectivity index (χ2n) is 12.5. The third kappa shape index (κ3) is 4.16. The number of anilines is 1. The Balaban J connectivity index is 1.56. The first kappa shape index (κ1) is 25.3. The summed E-state index contributed by atoms with van der Waals surface area (Å²) >= 11 is 0. The summed E-state index contributed by atoms with van der Waals surface area (Å²) in [7, 11) is 2.18. The van der Waals surface area contributed by atoms with Crippen molar-refractivity contribution in [3.05, 3.63) is 52.6 Å². The summed E-state index contributed by atoms with van der Waals surface area (Å²) in [5.74, 6) is 8.48. The highest BCUT2D eigenvalue weighted by molar-refractivity contribution is 5.93. The average Bonchev–Trinajstić information content (AvgIpc) is 3.12. The fourth-order valence-corrected chi connectivity index (χ4v) is 7.92. The number of carbonyl (C=O) groups is 1. The predicted octanol–water partition coefficient (Wildman–Crippen LogP) is 6.82. The molecule has 5 rings (SSSR count). The molecule has 0 amide bonds. The molecular weight excluding hydrogens is 442 g/mol. The Morgan fingerprint density at radius 1 is 1.14 bits per heavy atom. The predicted molar refractivity (Wildman–Crippen MR) is 148 cm³/mol. The first-order valence-corrected chi connectivity index (χ1v) is 14.1. The number of aliphatic hydroxyl groups is 1. The van der Waals surface area contributed by atoms with E-state index in [9.17, 15) is 9.90 Å². The summed E-state index contributed by atoms with van der Waals surface area (Å²) in [4.78, 5) is 14.6. The van der Waals surface area contributed by atoms with Crippen LogP contribution in [-0.2, 0) is 4.79 Å². The molecule has 3 nitrogen and oxygen atoms in total. The van der Waals surface area contributed by atoms with Gasteiger partial charge in [0.25, 0.3) is 0 Å². The molecule has 0 saturated heterocycles. The standard InChI is InChI=1S/C33H43NO2/c1-6-17-33(36)18-15-30-28-13-9-24-20-26(35)12-14-27(24)31(28)29(21-32(30,33)4)23-7-10-25(11-8-23)34(5)19-16-22(2)3/h7-8,10-11,20,22,28-30,36H,9,12-16,18-19,21H2,1-5H3/t28-,29+,30-,32-,33-/m0/s1. The van der Waals surface area contributed by atoms with Crippen molar-refractivity contribution in [2.45, 2.75) is 90.6 Å². The molecule has 0 bridgehead atoms. The van der Waals surface area contributed by atoms with Crippen LogP contribution in [0.5, 0.6) is 0 Å². The Labute approximate surface area is 218 Å². The van der Waals surface area contributed by atoms with E-state index in [1.807, 2.05) is 13.0 Å². The van der Waals surface area contributed by atoms with Gasteiger partial charge in [0.05, 0.1) is 0 Å². The Kier molecular flexibility index (Phi) is 6.71. The maximum absolute atomic E-state index is 12.3. The summed E-state index contributed by atoms with van der Waals surface area (Å²) < 4.78 is 0. The van der Waals surface area contributed by atoms with Gasteiger partial charge >= 0.3 is 0 Å². The molecule has 2 fully saturated rings. The second-order valence-corrected chi connectivity index (χ2v) is 12.5. The van der Waals surface area contributed by atoms with E-state index in [2.05, 4.69) is 68.8 Å². The highest BCUT2D eigenvalue weighted by Gasteiger charge is 2.62. The monoisotopic (exact) mass is 485 g/mol. The van der Waals surface area contributed by atoms with E-state index in [1.54, 1.807) is 5.57 Å². The lowest BCUT2D eigenvalue weighted by Crippen LogP contribution is -2.51. The van der Waals surface area contributed by atoms with Gasteiger partial charge in [-0.3, -0.25) is 4.79 Å². The number of hydrogen-bond acceptors (Lipinski definition) is 3. The van der Waals surface area contributed by atoms with Crippen LogP contribution in [0.4, 0.5) is 5.69 Å². The lowest BCUT2D eigenvalue weighted by molar-refractivity contribution is -0.114. The van der Waals surface area contributed by atoms with Gasteiger partial charge in [-0.15, -0.1) is 5.92 Å². The van der Waals surface area contributed by atoms with Crippen molar-refractivity contribution < 1.29 is 9.90 Å². The van der Waals surface area contributed by atoms with Crippen LogP contribution in [0.2, 0.25) is 0 Å². The molecule has 192 valence electrons. The van der Waals surface area contributed by atoms with E-state index >= 15 is 0 Å². The molecule has 1 aromatic carbocycles. The summed E-state index contributed by atoms with van der Waals surface area (Å²) in [5.41, 5.74) is 5.79. The number of ketones is 1. The van der Waals surface area contributed by atoms with Gasteiger partial charge in [-0.25, -0.2) is 0 Å². The number of benzene rings is 1. The molecule has 0 spiro atoms. The van der Waals surface area contributed by atoms with Crippen molar-refractivity contribution in [3.63, 3.8) is 0 Å². The van der Waals surface area contributed by atoms with Gasteiger partial charge in [0, 0.05) is 37.0 Å². The quantitative estimate of drug-likeness (QED) is 0.465. The van der Waals surface area contributed by atoms with Crippen LogP contribution in [0, 0.1) is 35.0 Å². The van der Waals surface area contributed by atoms with E-state index in [1.165, 1.54) is 28.8 Å². The highest BCUT2D eigenvalue weighted by atomic mass is 16.3. The van der Waals surface area contributed by atoms with Crippen molar-refractivity contribution in [2.24, 2.45) is 23.2 Å². The first-order valence-electron chi connectivity index (χ1n) is 14.1. The summed E-state index contributed by atoms with van der Waals surface area (Å²) in [6.07, 6.45) is 9.43. The molecule has 4 aliphatic carbocycles. The Morgan fingerprint density at radius 3 is 2.58 bits per heavy atom. The SMILES string of the molecule is CC#C[C@]1(O)CC[C@H]2[C@@H]3CCC4=CC(=O)CCC4=C3[C@@H](c3ccc(N(C)CCC(C)C)cc3)C[C@@]21C. The molecular formula is C33H43NO2. The highest BCUT2D eigenvalue weighted by Crippen LogP contribution is 2.66. The molecule has 1 N–H and O–H groups in total. The number of carbonyl (C=O) groups excluding carboxylic acids is 1. The fraction of sp³-hybridized carbons (Fsp3) is 0.606. The number of nitrogens with zero attached hydrogens (tertiary/aromatic N) is 1. The van der Waals surface area contributed by atoms with Crippen LogP contribution < -0.4 is 4.90 Å². The van der Waals surface area contributed by atoms with Crippen LogP contribution in [0.1, 0.15) is 90.5 Å². The van der Waals surface area contributed by atoms with Crippen molar-refractivity contribution in [3.8, 4) is 11.8 Å². The van der Waals surface area contributed by atoms with Crippen LogP contribution in [0.25, 0.3) is 0 Å². The Bertz CT molecular complexity index is 1150. The molecule has 5 atom stereocenters. The van der Waals surface area contributed by atoms with E-state index in [0.29, 0.717) is 24.2 Å². The number of rotatable bonds is 5. The zero-order valence-electron chi connectivity index (χ0n) is 22.9. The lowest BCUT2D eigenvalue weighted by Gasteiger charge is -2.53. The summed E-state index contributed by atoms with van der Waals surface area (Å²) in [6, 6.07) is 9.21. The third-order valence-corrected chi connectivity index (χ3v) is 10.00. The average molecular weight is 486 g/mol. The topological polar surface area (TPSA) is 40.5 Å². The van der Waals surface area contributed by atoms with Crippen molar-refractivity contribution in [1.82, 2.24) is 0 Å². The van der Waals surface area contributed by atoms with Gasteiger partial charge < -0.3 is 10.0 Å². The minimum absolute atomic E-state index is 0.228. The number of hydrogen-bond donors (Lipinski definition) is 1. The summed E-state index contributed by atoms with van der Waals surface area (Å²) in [6.45, 7) is 9.78. The van der Waals surface area contributed by atoms with Gasteiger partial charge in [0.15, 0.2) is 5.78 Å². The molecule has 0 aliphatic heterocycles. The normalized spacial score (nSPS) is 33.4. The van der Waals surface area contributed by atoms with Gasteiger partial charge in [0.1, 0.15) is 5.60 Å². The molecule has 0 radical (unpaired) electrons. The maximum Gasteiger partial charge on any atom is 0.156 e. The number of fused-ring (bicyclic) bond motifs is 4. The Morgan fingerprint density at radius 2 is 1.89 bits per heavy atom. The van der Waals surface area contributed by atoms with Crippen LogP contribution in [-0.4, -0.2) is 30.1 Å². The van der Waals surface area contributed by atoms with Crippen LogP contribution in [0.15, 0.2) is 47.1 Å². The van der Waals surface area contributed by atoms with Gasteiger partial charge in [-0.05, 0) is 105 Å². The maximum atomic E-state index is 12.3. The molecule has 3 heteroatoms. The molecule has 0 aromatic heterocycles. The minimum atomic E-state index is -0.920. The third-order valence-electron chi connectivity index (χ3n) is 10.00. The zero-order valence-corrected chi connectivity index (χ0v) is 22.9. The van der Waals surface area contributed by atoms with E-state index in [4.69, 9.17) is 0 Å². The van der Waals surface area contributed by atoms with Gasteiger partial charge in [-0.1, -0.05) is 44.4 Å². The second kappa shape index (κ2) is 9.53.